The first kappa shape index (κ1) is 15.9. The van der Waals surface area contributed by atoms with E-state index in [4.69, 9.17) is 0 Å². The molecule has 1 aromatic heterocycles. The fraction of sp³-hybridized carbons (Fsp3) is 0.455. The molecule has 2 heterocycles. The van der Waals surface area contributed by atoms with Crippen molar-refractivity contribution < 1.29 is 13.5 Å². The highest BCUT2D eigenvalue weighted by atomic mass is 127. The van der Waals surface area contributed by atoms with Gasteiger partial charge in [-0.1, -0.05) is 0 Å². The van der Waals surface area contributed by atoms with Crippen LogP contribution < -0.4 is 10.1 Å². The van der Waals surface area contributed by atoms with Crippen molar-refractivity contribution >= 4 is 29.9 Å². The van der Waals surface area contributed by atoms with E-state index in [1.54, 1.807) is 6.07 Å². The fourth-order valence-electron chi connectivity index (χ4n) is 1.58. The predicted molar refractivity (Wildman–Crippen MR) is 78.1 cm³/mol. The molecule has 0 saturated heterocycles. The zero-order valence-electron chi connectivity index (χ0n) is 10.3. The lowest BCUT2D eigenvalue weighted by Gasteiger charge is -2.14. The zero-order chi connectivity index (χ0) is 13.0. The summed E-state index contributed by atoms with van der Waals surface area (Å²) in [5, 5.41) is 3.13. The summed E-state index contributed by atoms with van der Waals surface area (Å²) in [5.41, 5.74) is 0.736. The Bertz CT molecular complexity index is 427. The number of likely N-dealkylation sites (N-methyl/N-ethyl adjacent to an activating group) is 1. The van der Waals surface area contributed by atoms with Crippen LogP contribution in [0.25, 0.3) is 0 Å². The summed E-state index contributed by atoms with van der Waals surface area (Å²) in [6.45, 7) is -0.639. The number of nitrogens with one attached hydrogen (secondary N) is 1. The average molecular weight is 384 g/mol. The molecule has 0 aliphatic carbocycles. The largest absolute Gasteiger partial charge is 0.433 e. The van der Waals surface area contributed by atoms with Gasteiger partial charge < -0.3 is 15.0 Å². The maximum atomic E-state index is 11.9. The summed E-state index contributed by atoms with van der Waals surface area (Å²) in [4.78, 5) is 10.3. The van der Waals surface area contributed by atoms with Gasteiger partial charge in [0.1, 0.15) is 5.75 Å². The first-order chi connectivity index (χ1) is 8.65. The monoisotopic (exact) mass is 384 g/mol. The third-order valence-electron chi connectivity index (χ3n) is 2.51. The molecule has 1 aliphatic heterocycles. The van der Waals surface area contributed by atoms with E-state index in [9.17, 15) is 8.78 Å². The van der Waals surface area contributed by atoms with Gasteiger partial charge >= 0.3 is 6.61 Å². The van der Waals surface area contributed by atoms with Gasteiger partial charge in [0.2, 0.25) is 0 Å². The topological polar surface area (TPSA) is 49.8 Å². The highest BCUT2D eigenvalue weighted by molar-refractivity contribution is 14.0. The number of nitrogens with zero attached hydrogens (tertiary/aromatic N) is 3. The molecule has 19 heavy (non-hydrogen) atoms. The molecule has 0 unspecified atom stereocenters. The van der Waals surface area contributed by atoms with Crippen molar-refractivity contribution in [1.29, 1.82) is 0 Å². The second kappa shape index (κ2) is 7.41. The number of alkyl halides is 2. The first-order valence-electron chi connectivity index (χ1n) is 5.54. The molecule has 0 amide bonds. The predicted octanol–water partition coefficient (Wildman–Crippen LogP) is 1.69. The molecule has 0 radical (unpaired) electrons. The third kappa shape index (κ3) is 4.77. The Morgan fingerprint density at radius 2 is 2.26 bits per heavy atom. The molecule has 0 aromatic carbocycles. The normalized spacial score (nSPS) is 14.1. The van der Waals surface area contributed by atoms with Gasteiger partial charge in [0.05, 0.1) is 25.0 Å². The number of hydrogen-bond donors (Lipinski definition) is 1. The molecule has 0 saturated carbocycles. The van der Waals surface area contributed by atoms with Crippen LogP contribution in [0.15, 0.2) is 23.3 Å². The Labute approximate surface area is 127 Å². The van der Waals surface area contributed by atoms with E-state index >= 15 is 0 Å². The molecule has 1 aromatic rings. The second-order valence-corrected chi connectivity index (χ2v) is 3.84. The molecule has 0 fully saturated rings. The van der Waals surface area contributed by atoms with E-state index in [0.29, 0.717) is 6.54 Å². The third-order valence-corrected chi connectivity index (χ3v) is 2.51. The first-order valence-corrected chi connectivity index (χ1v) is 5.54. The summed E-state index contributed by atoms with van der Waals surface area (Å²) in [6.07, 6.45) is 1.28. The lowest BCUT2D eigenvalue weighted by Crippen LogP contribution is -2.35. The number of halogens is 3. The summed E-state index contributed by atoms with van der Waals surface area (Å²) >= 11 is 0. The maximum absolute atomic E-state index is 11.9. The van der Waals surface area contributed by atoms with Crippen molar-refractivity contribution in [3.63, 3.8) is 0 Å². The van der Waals surface area contributed by atoms with Gasteiger partial charge in [0, 0.05) is 13.6 Å². The van der Waals surface area contributed by atoms with Gasteiger partial charge in [-0.3, -0.25) is 9.98 Å². The highest BCUT2D eigenvalue weighted by Crippen LogP contribution is 2.12. The van der Waals surface area contributed by atoms with Gasteiger partial charge in [0.15, 0.2) is 5.96 Å². The SMILES string of the molecule is CN1CCN=C1NCc1ccc(OC(F)F)cn1.I. The van der Waals surface area contributed by atoms with E-state index in [1.807, 2.05) is 11.9 Å². The summed E-state index contributed by atoms with van der Waals surface area (Å²) in [6, 6.07) is 3.11. The fourth-order valence-corrected chi connectivity index (χ4v) is 1.58. The van der Waals surface area contributed by atoms with Crippen molar-refractivity contribution in [1.82, 2.24) is 15.2 Å². The smallest absolute Gasteiger partial charge is 0.387 e. The lowest BCUT2D eigenvalue weighted by atomic mass is 10.3. The highest BCUT2D eigenvalue weighted by Gasteiger charge is 2.11. The molecule has 5 nitrogen and oxygen atoms in total. The van der Waals surface area contributed by atoms with Crippen molar-refractivity contribution in [3.8, 4) is 5.75 Å². The molecular formula is C11H15F2IN4O. The summed E-state index contributed by atoms with van der Waals surface area (Å²) in [7, 11) is 1.95. The van der Waals surface area contributed by atoms with Gasteiger partial charge in [0.25, 0.3) is 0 Å². The minimum Gasteiger partial charge on any atom is -0.433 e. The molecule has 2 rings (SSSR count). The number of hydrogen-bond acceptors (Lipinski definition) is 5. The molecule has 0 spiro atoms. The van der Waals surface area contributed by atoms with Crippen LogP contribution in [0.3, 0.4) is 0 Å². The molecule has 106 valence electrons. The number of aromatic nitrogens is 1. The van der Waals surface area contributed by atoms with Crippen LogP contribution in [0.4, 0.5) is 8.78 Å². The average Bonchev–Trinajstić information content (AvgIpc) is 2.73. The van der Waals surface area contributed by atoms with Crippen molar-refractivity contribution in [2.75, 3.05) is 20.1 Å². The standard InChI is InChI=1S/C11H14F2N4O.HI/c1-17-5-4-14-11(17)16-6-8-2-3-9(7-15-8)18-10(12)13;/h2-3,7,10H,4-6H2,1H3,(H,14,16);1H. The summed E-state index contributed by atoms with van der Waals surface area (Å²) < 4.78 is 28.1. The zero-order valence-corrected chi connectivity index (χ0v) is 12.7. The quantitative estimate of drug-likeness (QED) is 0.803. The molecule has 0 bridgehead atoms. The van der Waals surface area contributed by atoms with Gasteiger partial charge in [-0.15, -0.1) is 24.0 Å². The Hall–Kier alpha value is -1.19. The van der Waals surface area contributed by atoms with Crippen molar-refractivity contribution in [2.45, 2.75) is 13.2 Å². The minimum atomic E-state index is -2.82. The van der Waals surface area contributed by atoms with Crippen LogP contribution >= 0.6 is 24.0 Å². The van der Waals surface area contributed by atoms with Gasteiger partial charge in [-0.25, -0.2) is 0 Å². The van der Waals surface area contributed by atoms with Crippen LogP contribution in [-0.4, -0.2) is 42.6 Å². The van der Waals surface area contributed by atoms with E-state index < -0.39 is 6.61 Å². The Morgan fingerprint density at radius 3 is 2.79 bits per heavy atom. The number of pyridine rings is 1. The van der Waals surface area contributed by atoms with Crippen LogP contribution in [0.2, 0.25) is 0 Å². The Morgan fingerprint density at radius 1 is 1.47 bits per heavy atom. The molecule has 0 atom stereocenters. The van der Waals surface area contributed by atoms with Crippen molar-refractivity contribution in [3.05, 3.63) is 24.0 Å². The minimum absolute atomic E-state index is 0. The summed E-state index contributed by atoms with van der Waals surface area (Å²) in [5.74, 6) is 0.883. The van der Waals surface area contributed by atoms with Crippen LogP contribution in [0.5, 0.6) is 5.75 Å². The van der Waals surface area contributed by atoms with E-state index in [0.717, 1.165) is 24.7 Å². The maximum Gasteiger partial charge on any atom is 0.387 e. The van der Waals surface area contributed by atoms with E-state index in [-0.39, 0.29) is 29.7 Å². The van der Waals surface area contributed by atoms with Crippen LogP contribution in [0.1, 0.15) is 5.69 Å². The van der Waals surface area contributed by atoms with Gasteiger partial charge in [-0.2, -0.15) is 8.78 Å². The molecular weight excluding hydrogens is 369 g/mol. The number of rotatable bonds is 4. The van der Waals surface area contributed by atoms with E-state index in [2.05, 4.69) is 20.0 Å². The lowest BCUT2D eigenvalue weighted by molar-refractivity contribution is -0.0500. The molecule has 8 heteroatoms. The Balaban J connectivity index is 0.00000180. The van der Waals surface area contributed by atoms with Crippen molar-refractivity contribution in [2.24, 2.45) is 4.99 Å². The van der Waals surface area contributed by atoms with Crippen LogP contribution in [-0.2, 0) is 6.54 Å². The van der Waals surface area contributed by atoms with Crippen LogP contribution in [0, 0.1) is 0 Å². The number of ether oxygens (including phenoxy) is 1. The molecule has 1 N–H and O–H groups in total. The Kier molecular flexibility index (Phi) is 6.19. The van der Waals surface area contributed by atoms with E-state index in [1.165, 1.54) is 12.3 Å². The molecule has 1 aliphatic rings. The second-order valence-electron chi connectivity index (χ2n) is 3.84. The number of aliphatic imine (C=N–C) groups is 1. The van der Waals surface area contributed by atoms with Gasteiger partial charge in [-0.05, 0) is 12.1 Å². The number of guanidine groups is 1.